The molecule has 1 aliphatic carbocycles. The molecule has 1 aromatic rings. The first-order chi connectivity index (χ1) is 8.86. The van der Waals surface area contributed by atoms with Gasteiger partial charge in [-0.3, -0.25) is 0 Å². The van der Waals surface area contributed by atoms with E-state index >= 15 is 0 Å². The van der Waals surface area contributed by atoms with Gasteiger partial charge in [0.25, 0.3) is 0 Å². The molecule has 0 saturated heterocycles. The van der Waals surface area contributed by atoms with Crippen LogP contribution in [0.2, 0.25) is 0 Å². The maximum atomic E-state index is 4.40. The molecule has 3 heteroatoms. The summed E-state index contributed by atoms with van der Waals surface area (Å²) >= 11 is 0. The predicted molar refractivity (Wildman–Crippen MR) is 74.6 cm³/mol. The number of nitrogens with zero attached hydrogens (tertiary/aromatic N) is 3. The molecule has 0 N–H and O–H groups in total. The molecule has 1 fully saturated rings. The number of allylic oxidation sites excluding steroid dienone is 3. The summed E-state index contributed by atoms with van der Waals surface area (Å²) in [5.41, 5.74) is 2.37. The van der Waals surface area contributed by atoms with E-state index in [1.807, 2.05) is 13.0 Å². The molecule has 0 radical (unpaired) electrons. The molecule has 1 aromatic heterocycles. The Morgan fingerprint density at radius 1 is 1.28 bits per heavy atom. The minimum Gasteiger partial charge on any atom is -0.246 e. The van der Waals surface area contributed by atoms with Crippen LogP contribution in [0.5, 0.6) is 0 Å². The Labute approximate surface area is 110 Å². The summed E-state index contributed by atoms with van der Waals surface area (Å²) in [6, 6.07) is 0.556. The van der Waals surface area contributed by atoms with Crippen LogP contribution in [0.1, 0.15) is 56.5 Å². The monoisotopic (exact) mass is 245 g/mol. The van der Waals surface area contributed by atoms with Gasteiger partial charge in [0, 0.05) is 12.8 Å². The quantitative estimate of drug-likeness (QED) is 0.742. The molecule has 1 heterocycles. The Balaban J connectivity index is 2.22. The van der Waals surface area contributed by atoms with Gasteiger partial charge in [0.15, 0.2) is 0 Å². The summed E-state index contributed by atoms with van der Waals surface area (Å²) in [5.74, 6) is 0. The number of aromatic nitrogens is 3. The molecule has 0 bridgehead atoms. The van der Waals surface area contributed by atoms with Gasteiger partial charge >= 0.3 is 0 Å². The van der Waals surface area contributed by atoms with Gasteiger partial charge in [-0.05, 0) is 19.8 Å². The highest BCUT2D eigenvalue weighted by Gasteiger charge is 2.20. The van der Waals surface area contributed by atoms with Crippen LogP contribution in [0.4, 0.5) is 0 Å². The molecular formula is C15H23N3. The van der Waals surface area contributed by atoms with Crippen molar-refractivity contribution < 1.29 is 0 Å². The summed E-state index contributed by atoms with van der Waals surface area (Å²) < 4.78 is 2.17. The van der Waals surface area contributed by atoms with Crippen molar-refractivity contribution >= 4 is 0 Å². The van der Waals surface area contributed by atoms with E-state index in [0.29, 0.717) is 6.04 Å². The Bertz CT molecular complexity index is 411. The molecule has 3 nitrogen and oxygen atoms in total. The lowest BCUT2D eigenvalue weighted by atomic mass is 9.95. The van der Waals surface area contributed by atoms with Gasteiger partial charge in [-0.25, -0.2) is 4.68 Å². The van der Waals surface area contributed by atoms with E-state index < -0.39 is 0 Å². The molecule has 18 heavy (non-hydrogen) atoms. The van der Waals surface area contributed by atoms with Crippen molar-refractivity contribution in [1.29, 1.82) is 0 Å². The fourth-order valence-electron chi connectivity index (χ4n) is 2.70. The molecule has 0 unspecified atom stereocenters. The summed E-state index contributed by atoms with van der Waals surface area (Å²) in [7, 11) is 0. The van der Waals surface area contributed by atoms with Gasteiger partial charge in [-0.15, -0.1) is 11.7 Å². The van der Waals surface area contributed by atoms with E-state index in [4.69, 9.17) is 0 Å². The first-order valence-electron chi connectivity index (χ1n) is 7.01. The third-order valence-electron chi connectivity index (χ3n) is 3.68. The number of rotatable bonds is 5. The van der Waals surface area contributed by atoms with Gasteiger partial charge in [-0.1, -0.05) is 42.7 Å². The zero-order valence-electron chi connectivity index (χ0n) is 11.3. The molecule has 0 spiro atoms. The van der Waals surface area contributed by atoms with Crippen LogP contribution in [0.15, 0.2) is 24.8 Å². The van der Waals surface area contributed by atoms with Crippen LogP contribution in [0, 0.1) is 0 Å². The van der Waals surface area contributed by atoms with E-state index in [1.165, 1.54) is 37.8 Å². The average molecular weight is 245 g/mol. The Hall–Kier alpha value is -1.38. The van der Waals surface area contributed by atoms with Gasteiger partial charge in [-0.2, -0.15) is 0 Å². The lowest BCUT2D eigenvalue weighted by Crippen LogP contribution is -2.16. The van der Waals surface area contributed by atoms with Crippen molar-refractivity contribution in [3.63, 3.8) is 0 Å². The topological polar surface area (TPSA) is 30.7 Å². The molecule has 0 aromatic carbocycles. The second-order valence-electron chi connectivity index (χ2n) is 4.99. The van der Waals surface area contributed by atoms with Crippen LogP contribution >= 0.6 is 0 Å². The van der Waals surface area contributed by atoms with Crippen LogP contribution in [-0.2, 0) is 12.8 Å². The van der Waals surface area contributed by atoms with Gasteiger partial charge in [0.05, 0.1) is 17.4 Å². The van der Waals surface area contributed by atoms with Gasteiger partial charge < -0.3 is 0 Å². The van der Waals surface area contributed by atoms with Crippen molar-refractivity contribution in [2.45, 2.75) is 57.9 Å². The molecule has 2 rings (SSSR count). The van der Waals surface area contributed by atoms with Crippen LogP contribution < -0.4 is 0 Å². The lowest BCUT2D eigenvalue weighted by molar-refractivity contribution is 0.318. The molecule has 0 atom stereocenters. The standard InChI is InChI=1S/C15H23N3/c1-3-5-12-14-15(9-4-2)18(17-16-14)13-10-7-6-8-11-13/h3-5,13H,2,6-12H2,1H3. The highest BCUT2D eigenvalue weighted by atomic mass is 15.4. The first-order valence-corrected chi connectivity index (χ1v) is 7.01. The summed E-state index contributed by atoms with van der Waals surface area (Å²) in [6.07, 6.45) is 14.4. The van der Waals surface area contributed by atoms with Crippen molar-refractivity contribution in [2.75, 3.05) is 0 Å². The minimum absolute atomic E-state index is 0.556. The van der Waals surface area contributed by atoms with Crippen LogP contribution in [-0.4, -0.2) is 15.0 Å². The molecule has 1 saturated carbocycles. The van der Waals surface area contributed by atoms with E-state index in [9.17, 15) is 0 Å². The maximum Gasteiger partial charge on any atom is 0.0900 e. The molecular weight excluding hydrogens is 222 g/mol. The summed E-state index contributed by atoms with van der Waals surface area (Å²) in [6.45, 7) is 5.90. The third-order valence-corrected chi connectivity index (χ3v) is 3.68. The maximum absolute atomic E-state index is 4.40. The molecule has 0 amide bonds. The van der Waals surface area contributed by atoms with Gasteiger partial charge in [0.2, 0.25) is 0 Å². The molecule has 1 aliphatic rings. The Kier molecular flexibility index (Phi) is 4.73. The second kappa shape index (κ2) is 6.53. The lowest BCUT2D eigenvalue weighted by Gasteiger charge is -2.23. The second-order valence-corrected chi connectivity index (χ2v) is 4.99. The predicted octanol–water partition coefficient (Wildman–Crippen LogP) is 3.63. The minimum atomic E-state index is 0.556. The highest BCUT2D eigenvalue weighted by Crippen LogP contribution is 2.29. The zero-order valence-corrected chi connectivity index (χ0v) is 11.3. The van der Waals surface area contributed by atoms with E-state index in [-0.39, 0.29) is 0 Å². The summed E-state index contributed by atoms with van der Waals surface area (Å²) in [4.78, 5) is 0. The smallest absolute Gasteiger partial charge is 0.0900 e. The normalized spacial score (nSPS) is 17.4. The number of hydrogen-bond acceptors (Lipinski definition) is 2. The van der Waals surface area contributed by atoms with Crippen molar-refractivity contribution in [3.05, 3.63) is 36.2 Å². The third kappa shape index (κ3) is 2.89. The van der Waals surface area contributed by atoms with Crippen molar-refractivity contribution in [3.8, 4) is 0 Å². The number of hydrogen-bond donors (Lipinski definition) is 0. The fraction of sp³-hybridized carbons (Fsp3) is 0.600. The first kappa shape index (κ1) is 13.1. The SMILES string of the molecule is C=CCc1c(CC=CC)nnn1C1CCCCC1. The fourth-order valence-corrected chi connectivity index (χ4v) is 2.70. The summed E-state index contributed by atoms with van der Waals surface area (Å²) in [5, 5.41) is 8.76. The van der Waals surface area contributed by atoms with E-state index in [2.05, 4.69) is 33.7 Å². The largest absolute Gasteiger partial charge is 0.246 e. The Morgan fingerprint density at radius 3 is 2.72 bits per heavy atom. The molecule has 98 valence electrons. The van der Waals surface area contributed by atoms with Crippen LogP contribution in [0.25, 0.3) is 0 Å². The van der Waals surface area contributed by atoms with Gasteiger partial charge in [0.1, 0.15) is 0 Å². The molecule has 0 aliphatic heterocycles. The zero-order chi connectivity index (χ0) is 12.8. The average Bonchev–Trinajstić information content (AvgIpc) is 2.81. The van der Waals surface area contributed by atoms with E-state index in [0.717, 1.165) is 18.5 Å². The van der Waals surface area contributed by atoms with E-state index in [1.54, 1.807) is 0 Å². The van der Waals surface area contributed by atoms with Crippen molar-refractivity contribution in [1.82, 2.24) is 15.0 Å². The highest BCUT2D eigenvalue weighted by molar-refractivity contribution is 5.17. The van der Waals surface area contributed by atoms with Crippen molar-refractivity contribution in [2.24, 2.45) is 0 Å². The Morgan fingerprint density at radius 2 is 2.06 bits per heavy atom. The van der Waals surface area contributed by atoms with Crippen LogP contribution in [0.3, 0.4) is 0 Å².